The highest BCUT2D eigenvalue weighted by molar-refractivity contribution is 6.04. The number of Topliss-reactive ketones (excluding diaryl/α,β-unsaturated/α-hetero) is 1. The van der Waals surface area contributed by atoms with E-state index in [0.29, 0.717) is 31.6 Å². The first-order valence-corrected chi connectivity index (χ1v) is 10.3. The van der Waals surface area contributed by atoms with Crippen LogP contribution in [0.4, 0.5) is 0 Å². The molecule has 30 heavy (non-hydrogen) atoms. The van der Waals surface area contributed by atoms with Crippen LogP contribution in [0, 0.1) is 11.8 Å². The number of hydrogen-bond donors (Lipinski definition) is 0. The van der Waals surface area contributed by atoms with Gasteiger partial charge in [0.15, 0.2) is 18.3 Å². The molecular weight excluding hydrogens is 386 g/mol. The number of ether oxygens (including phenoxy) is 4. The van der Waals surface area contributed by atoms with Crippen LogP contribution in [0.1, 0.15) is 60.2 Å². The minimum absolute atomic E-state index is 0.133. The minimum Gasteiger partial charge on any atom is -0.470 e. The fraction of sp³-hybridized carbons (Fsp3) is 0.522. The maximum Gasteiger partial charge on any atom is 0.384 e. The molecule has 1 aromatic carbocycles. The highest BCUT2D eigenvalue weighted by Gasteiger charge is 2.47. The van der Waals surface area contributed by atoms with Crippen molar-refractivity contribution in [1.82, 2.24) is 0 Å². The van der Waals surface area contributed by atoms with Crippen LogP contribution >= 0.6 is 0 Å². The van der Waals surface area contributed by atoms with Crippen molar-refractivity contribution < 1.29 is 28.5 Å². The van der Waals surface area contributed by atoms with Crippen molar-refractivity contribution in [2.45, 2.75) is 57.5 Å². The number of nitrogens with zero attached hydrogens (tertiary/aromatic N) is 1. The normalized spacial score (nSPS) is 24.1. The van der Waals surface area contributed by atoms with Crippen molar-refractivity contribution in [2.24, 2.45) is 4.99 Å². The number of esters is 1. The lowest BCUT2D eigenvalue weighted by Gasteiger charge is -2.25. The molecule has 1 fully saturated rings. The molecule has 0 N–H and O–H groups in total. The SMILES string of the molecule is CCOC(=O)C#CC(C)c1ccc2c(c1C(=O)C1OC=NC1C)CCC21OCCO1. The average Bonchev–Trinajstić information content (AvgIpc) is 3.47. The van der Waals surface area contributed by atoms with Crippen molar-refractivity contribution in [3.63, 3.8) is 0 Å². The van der Waals surface area contributed by atoms with E-state index < -0.39 is 17.9 Å². The summed E-state index contributed by atoms with van der Waals surface area (Å²) in [6.45, 7) is 6.78. The summed E-state index contributed by atoms with van der Waals surface area (Å²) in [5.74, 6) is 3.60. The molecule has 0 bridgehead atoms. The Balaban J connectivity index is 1.77. The number of aliphatic imine (C=N–C) groups is 1. The molecule has 7 nitrogen and oxygen atoms in total. The molecule has 3 atom stereocenters. The molecule has 0 amide bonds. The van der Waals surface area contributed by atoms with Crippen LogP contribution in [0.15, 0.2) is 17.1 Å². The quantitative estimate of drug-likeness (QED) is 0.328. The third-order valence-corrected chi connectivity index (χ3v) is 5.79. The first-order chi connectivity index (χ1) is 14.5. The van der Waals surface area contributed by atoms with Crippen molar-refractivity contribution in [3.05, 3.63) is 34.4 Å². The topological polar surface area (TPSA) is 83.4 Å². The Bertz CT molecular complexity index is 950. The molecule has 1 spiro atoms. The van der Waals surface area contributed by atoms with E-state index in [4.69, 9.17) is 18.9 Å². The Morgan fingerprint density at radius 1 is 1.33 bits per heavy atom. The number of carbonyl (C=O) groups is 2. The first kappa shape index (κ1) is 20.6. The van der Waals surface area contributed by atoms with Gasteiger partial charge in [0.05, 0.1) is 25.9 Å². The molecule has 2 heterocycles. The lowest BCUT2D eigenvalue weighted by molar-refractivity contribution is -0.163. The molecular formula is C23H25NO6. The molecule has 1 saturated heterocycles. The molecule has 1 aromatic rings. The van der Waals surface area contributed by atoms with Gasteiger partial charge in [-0.25, -0.2) is 4.79 Å². The van der Waals surface area contributed by atoms with E-state index in [1.165, 1.54) is 6.40 Å². The van der Waals surface area contributed by atoms with Crippen LogP contribution in [0.25, 0.3) is 0 Å². The van der Waals surface area contributed by atoms with E-state index >= 15 is 0 Å². The van der Waals surface area contributed by atoms with Gasteiger partial charge < -0.3 is 18.9 Å². The summed E-state index contributed by atoms with van der Waals surface area (Å²) < 4.78 is 22.3. The van der Waals surface area contributed by atoms with Gasteiger partial charge >= 0.3 is 5.97 Å². The second-order valence-corrected chi connectivity index (χ2v) is 7.63. The Kier molecular flexibility index (Phi) is 5.63. The molecule has 158 valence electrons. The maximum absolute atomic E-state index is 13.6. The summed E-state index contributed by atoms with van der Waals surface area (Å²) in [6, 6.07) is 3.57. The molecule has 1 aliphatic carbocycles. The fourth-order valence-electron chi connectivity index (χ4n) is 4.34. The number of rotatable bonds is 4. The van der Waals surface area contributed by atoms with Gasteiger partial charge in [0.1, 0.15) is 0 Å². The Morgan fingerprint density at radius 3 is 2.77 bits per heavy atom. The Labute approximate surface area is 175 Å². The smallest absolute Gasteiger partial charge is 0.384 e. The molecule has 4 rings (SSSR count). The zero-order chi connectivity index (χ0) is 21.3. The van der Waals surface area contributed by atoms with Crippen LogP contribution in [-0.2, 0) is 35.9 Å². The summed E-state index contributed by atoms with van der Waals surface area (Å²) in [5, 5.41) is 0. The largest absolute Gasteiger partial charge is 0.470 e. The van der Waals surface area contributed by atoms with Crippen LogP contribution < -0.4 is 0 Å². The summed E-state index contributed by atoms with van der Waals surface area (Å²) in [4.78, 5) is 29.4. The standard InChI is InChI=1S/C23H25NO6/c1-4-27-19(25)8-5-14(2)16-6-7-18-17(9-10-23(18)29-11-12-30-23)20(16)21(26)22-15(3)24-13-28-22/h6-7,13-15,22H,4,9-12H2,1-3H3. The zero-order valence-electron chi connectivity index (χ0n) is 17.4. The molecule has 2 aliphatic heterocycles. The highest BCUT2D eigenvalue weighted by atomic mass is 16.7. The summed E-state index contributed by atoms with van der Waals surface area (Å²) in [5.41, 5.74) is 3.14. The Morgan fingerprint density at radius 2 is 2.10 bits per heavy atom. The van der Waals surface area contributed by atoms with E-state index in [1.807, 2.05) is 26.0 Å². The molecule has 7 heteroatoms. The first-order valence-electron chi connectivity index (χ1n) is 10.3. The predicted molar refractivity (Wildman–Crippen MR) is 108 cm³/mol. The van der Waals surface area contributed by atoms with Crippen LogP contribution in [-0.4, -0.2) is 50.1 Å². The fourth-order valence-corrected chi connectivity index (χ4v) is 4.34. The molecule has 0 radical (unpaired) electrons. The number of benzene rings is 1. The Hall–Kier alpha value is -2.69. The van der Waals surface area contributed by atoms with E-state index in [0.717, 1.165) is 16.7 Å². The predicted octanol–water partition coefficient (Wildman–Crippen LogP) is 2.50. The van der Waals surface area contributed by atoms with Gasteiger partial charge in [-0.1, -0.05) is 18.1 Å². The van der Waals surface area contributed by atoms with Gasteiger partial charge in [0, 0.05) is 29.4 Å². The summed E-state index contributed by atoms with van der Waals surface area (Å²) in [6.07, 6.45) is 1.98. The molecule has 0 aromatic heterocycles. The van der Waals surface area contributed by atoms with Gasteiger partial charge in [-0.05, 0) is 38.3 Å². The lowest BCUT2D eigenvalue weighted by atomic mass is 9.85. The van der Waals surface area contributed by atoms with Gasteiger partial charge in [0.2, 0.25) is 5.78 Å². The van der Waals surface area contributed by atoms with Gasteiger partial charge in [-0.2, -0.15) is 0 Å². The summed E-state index contributed by atoms with van der Waals surface area (Å²) >= 11 is 0. The third-order valence-electron chi connectivity index (χ3n) is 5.79. The van der Waals surface area contributed by atoms with E-state index in [9.17, 15) is 9.59 Å². The monoisotopic (exact) mass is 411 g/mol. The van der Waals surface area contributed by atoms with Crippen LogP contribution in [0.2, 0.25) is 0 Å². The maximum atomic E-state index is 13.6. The van der Waals surface area contributed by atoms with E-state index in [2.05, 4.69) is 16.8 Å². The van der Waals surface area contributed by atoms with Crippen LogP contribution in [0.3, 0.4) is 0 Å². The second-order valence-electron chi connectivity index (χ2n) is 7.63. The number of ketones is 1. The van der Waals surface area contributed by atoms with Crippen LogP contribution in [0.5, 0.6) is 0 Å². The third kappa shape index (κ3) is 3.51. The van der Waals surface area contributed by atoms with Crippen molar-refractivity contribution in [2.75, 3.05) is 19.8 Å². The molecule has 3 unspecified atom stereocenters. The molecule has 0 saturated carbocycles. The van der Waals surface area contributed by atoms with Crippen molar-refractivity contribution >= 4 is 18.2 Å². The van der Waals surface area contributed by atoms with Crippen molar-refractivity contribution in [3.8, 4) is 11.8 Å². The van der Waals surface area contributed by atoms with E-state index in [1.54, 1.807) is 6.92 Å². The number of hydrogen-bond acceptors (Lipinski definition) is 7. The van der Waals surface area contributed by atoms with Gasteiger partial charge in [0.25, 0.3) is 0 Å². The molecule has 3 aliphatic rings. The minimum atomic E-state index is -0.776. The van der Waals surface area contributed by atoms with Crippen molar-refractivity contribution in [1.29, 1.82) is 0 Å². The second kappa shape index (κ2) is 8.21. The highest BCUT2D eigenvalue weighted by Crippen LogP contribution is 2.46. The number of fused-ring (bicyclic) bond motifs is 2. The zero-order valence-corrected chi connectivity index (χ0v) is 17.4. The number of carbonyl (C=O) groups excluding carboxylic acids is 2. The average molecular weight is 411 g/mol. The van der Waals surface area contributed by atoms with Gasteiger partial charge in [-0.15, -0.1) is 0 Å². The summed E-state index contributed by atoms with van der Waals surface area (Å²) in [7, 11) is 0. The van der Waals surface area contributed by atoms with E-state index in [-0.39, 0.29) is 24.3 Å². The van der Waals surface area contributed by atoms with Gasteiger partial charge in [-0.3, -0.25) is 9.79 Å². The lowest BCUT2D eigenvalue weighted by Crippen LogP contribution is -2.31.